The molecule has 0 bridgehead atoms. The van der Waals surface area contributed by atoms with Gasteiger partial charge in [0, 0.05) is 6.54 Å². The smallest absolute Gasteiger partial charge is 0.222 e. The predicted molar refractivity (Wildman–Crippen MR) is 83.9 cm³/mol. The Morgan fingerprint density at radius 2 is 1.91 bits per heavy atom. The van der Waals surface area contributed by atoms with E-state index in [0.717, 1.165) is 18.4 Å². The van der Waals surface area contributed by atoms with E-state index in [9.17, 15) is 14.3 Å². The van der Waals surface area contributed by atoms with E-state index in [1.54, 1.807) is 12.1 Å². The third-order valence-electron chi connectivity index (χ3n) is 4.39. The Hall–Kier alpha value is -1.46. The van der Waals surface area contributed by atoms with Crippen LogP contribution in [0.1, 0.15) is 43.7 Å². The molecule has 0 heterocycles. The van der Waals surface area contributed by atoms with E-state index in [0.29, 0.717) is 19.4 Å². The molecule has 1 aromatic carbocycles. The molecule has 0 radical (unpaired) electrons. The zero-order chi connectivity index (χ0) is 16.2. The first-order valence-electron chi connectivity index (χ1n) is 7.81. The van der Waals surface area contributed by atoms with Crippen molar-refractivity contribution in [2.45, 2.75) is 43.7 Å². The minimum absolute atomic E-state index is 0.0252. The Labute approximate surface area is 131 Å². The van der Waals surface area contributed by atoms with Crippen molar-refractivity contribution in [2.24, 2.45) is 0 Å². The number of carbonyl (C=O) groups excluding carboxylic acids is 1. The van der Waals surface area contributed by atoms with Gasteiger partial charge < -0.3 is 15.3 Å². The zero-order valence-corrected chi connectivity index (χ0v) is 13.3. The number of likely N-dealkylation sites (N-methyl/N-ethyl adjacent to an activating group) is 1. The van der Waals surface area contributed by atoms with Gasteiger partial charge in [-0.1, -0.05) is 25.0 Å². The molecule has 4 nitrogen and oxygen atoms in total. The van der Waals surface area contributed by atoms with Crippen LogP contribution in [-0.4, -0.2) is 42.2 Å². The number of nitrogens with zero attached hydrogens (tertiary/aromatic N) is 1. The number of amides is 1. The molecule has 5 heteroatoms. The molecule has 0 aliphatic heterocycles. The average Bonchev–Trinajstić information content (AvgIpc) is 2.87. The molecular weight excluding hydrogens is 283 g/mol. The first-order valence-corrected chi connectivity index (χ1v) is 7.81. The van der Waals surface area contributed by atoms with Crippen molar-refractivity contribution >= 4 is 5.91 Å². The highest BCUT2D eigenvalue weighted by atomic mass is 19.1. The highest BCUT2D eigenvalue weighted by molar-refractivity contribution is 5.77. The number of nitrogens with one attached hydrogen (secondary N) is 1. The quantitative estimate of drug-likeness (QED) is 0.847. The summed E-state index contributed by atoms with van der Waals surface area (Å²) >= 11 is 0. The van der Waals surface area contributed by atoms with Gasteiger partial charge in [-0.15, -0.1) is 0 Å². The SMILES string of the molecule is CN(C)C(CNC(=O)CC1(O)CCCC1)c1ccc(F)cc1. The second kappa shape index (κ2) is 7.20. The van der Waals surface area contributed by atoms with Crippen molar-refractivity contribution in [1.29, 1.82) is 0 Å². The molecule has 1 aromatic rings. The molecule has 1 saturated carbocycles. The predicted octanol–water partition coefficient (Wildman–Crippen LogP) is 2.24. The van der Waals surface area contributed by atoms with Crippen molar-refractivity contribution in [3.05, 3.63) is 35.6 Å². The van der Waals surface area contributed by atoms with Crippen LogP contribution in [0.15, 0.2) is 24.3 Å². The fourth-order valence-electron chi connectivity index (χ4n) is 3.07. The van der Waals surface area contributed by atoms with E-state index >= 15 is 0 Å². The first kappa shape index (κ1) is 16.9. The van der Waals surface area contributed by atoms with Crippen LogP contribution in [0, 0.1) is 5.82 Å². The highest BCUT2D eigenvalue weighted by Crippen LogP contribution is 2.32. The monoisotopic (exact) mass is 308 g/mol. The molecule has 122 valence electrons. The molecule has 1 unspecified atom stereocenters. The second-order valence-electron chi connectivity index (χ2n) is 6.44. The van der Waals surface area contributed by atoms with Gasteiger partial charge in [0.05, 0.1) is 18.1 Å². The molecule has 0 aromatic heterocycles. The van der Waals surface area contributed by atoms with Crippen LogP contribution >= 0.6 is 0 Å². The maximum absolute atomic E-state index is 13.0. The van der Waals surface area contributed by atoms with Gasteiger partial charge in [0.15, 0.2) is 0 Å². The lowest BCUT2D eigenvalue weighted by Crippen LogP contribution is -2.38. The topological polar surface area (TPSA) is 52.6 Å². The second-order valence-corrected chi connectivity index (χ2v) is 6.44. The molecular formula is C17H25FN2O2. The maximum atomic E-state index is 13.0. The third kappa shape index (κ3) is 4.52. The van der Waals surface area contributed by atoms with Gasteiger partial charge in [-0.2, -0.15) is 0 Å². The standard InChI is InChI=1S/C17H25FN2O2/c1-20(2)15(13-5-7-14(18)8-6-13)12-19-16(21)11-17(22)9-3-4-10-17/h5-8,15,22H,3-4,9-12H2,1-2H3,(H,19,21). The third-order valence-corrected chi connectivity index (χ3v) is 4.39. The number of benzene rings is 1. The highest BCUT2D eigenvalue weighted by Gasteiger charge is 2.33. The summed E-state index contributed by atoms with van der Waals surface area (Å²) in [7, 11) is 3.84. The van der Waals surface area contributed by atoms with E-state index in [4.69, 9.17) is 0 Å². The number of hydrogen-bond donors (Lipinski definition) is 2. The molecule has 2 rings (SSSR count). The van der Waals surface area contributed by atoms with Crippen molar-refractivity contribution in [3.63, 3.8) is 0 Å². The van der Waals surface area contributed by atoms with Gasteiger partial charge in [-0.25, -0.2) is 4.39 Å². The minimum Gasteiger partial charge on any atom is -0.389 e. The Morgan fingerprint density at radius 1 is 1.32 bits per heavy atom. The Bertz CT molecular complexity index is 496. The summed E-state index contributed by atoms with van der Waals surface area (Å²) in [6.45, 7) is 0.438. The van der Waals surface area contributed by atoms with Gasteiger partial charge in [-0.3, -0.25) is 4.79 Å². The summed E-state index contributed by atoms with van der Waals surface area (Å²) in [6.07, 6.45) is 3.54. The number of rotatable bonds is 6. The van der Waals surface area contributed by atoms with Crippen LogP contribution in [0.5, 0.6) is 0 Å². The number of hydrogen-bond acceptors (Lipinski definition) is 3. The molecule has 1 aliphatic rings. The van der Waals surface area contributed by atoms with E-state index in [-0.39, 0.29) is 24.2 Å². The van der Waals surface area contributed by atoms with Gasteiger partial charge in [-0.05, 0) is 44.6 Å². The lowest BCUT2D eigenvalue weighted by Gasteiger charge is -2.26. The van der Waals surface area contributed by atoms with Crippen molar-refractivity contribution in [1.82, 2.24) is 10.2 Å². The number of carbonyl (C=O) groups is 1. The largest absolute Gasteiger partial charge is 0.389 e. The fourth-order valence-corrected chi connectivity index (χ4v) is 3.07. The van der Waals surface area contributed by atoms with Crippen LogP contribution in [0.3, 0.4) is 0 Å². The molecule has 1 aliphatic carbocycles. The van der Waals surface area contributed by atoms with Crippen LogP contribution < -0.4 is 5.32 Å². The van der Waals surface area contributed by atoms with E-state index in [1.807, 2.05) is 19.0 Å². The Kier molecular flexibility index (Phi) is 5.53. The maximum Gasteiger partial charge on any atom is 0.222 e. The van der Waals surface area contributed by atoms with E-state index in [2.05, 4.69) is 5.32 Å². The molecule has 0 spiro atoms. The Morgan fingerprint density at radius 3 is 2.45 bits per heavy atom. The van der Waals surface area contributed by atoms with Gasteiger partial charge >= 0.3 is 0 Å². The van der Waals surface area contributed by atoms with Crippen molar-refractivity contribution in [2.75, 3.05) is 20.6 Å². The van der Waals surface area contributed by atoms with Crippen molar-refractivity contribution in [3.8, 4) is 0 Å². The molecule has 1 atom stereocenters. The van der Waals surface area contributed by atoms with Crippen LogP contribution in [-0.2, 0) is 4.79 Å². The van der Waals surface area contributed by atoms with Gasteiger partial charge in [0.25, 0.3) is 0 Å². The van der Waals surface area contributed by atoms with Gasteiger partial charge in [0.1, 0.15) is 5.82 Å². The summed E-state index contributed by atoms with van der Waals surface area (Å²) < 4.78 is 13.0. The lowest BCUT2D eigenvalue weighted by atomic mass is 9.97. The molecule has 22 heavy (non-hydrogen) atoms. The molecule has 0 saturated heterocycles. The number of aliphatic hydroxyl groups is 1. The van der Waals surface area contributed by atoms with Crippen LogP contribution in [0.4, 0.5) is 4.39 Å². The van der Waals surface area contributed by atoms with E-state index in [1.165, 1.54) is 12.1 Å². The Balaban J connectivity index is 1.91. The van der Waals surface area contributed by atoms with E-state index < -0.39 is 5.60 Å². The number of halogens is 1. The molecule has 1 fully saturated rings. The zero-order valence-electron chi connectivity index (χ0n) is 13.3. The summed E-state index contributed by atoms with van der Waals surface area (Å²) in [4.78, 5) is 14.1. The van der Waals surface area contributed by atoms with Gasteiger partial charge in [0.2, 0.25) is 5.91 Å². The van der Waals surface area contributed by atoms with Crippen molar-refractivity contribution < 1.29 is 14.3 Å². The fraction of sp³-hybridized carbons (Fsp3) is 0.588. The lowest BCUT2D eigenvalue weighted by molar-refractivity contribution is -0.126. The van der Waals surface area contributed by atoms with Crippen LogP contribution in [0.25, 0.3) is 0 Å². The average molecular weight is 308 g/mol. The van der Waals surface area contributed by atoms with Crippen LogP contribution in [0.2, 0.25) is 0 Å². The minimum atomic E-state index is -0.826. The first-order chi connectivity index (χ1) is 10.4. The summed E-state index contributed by atoms with van der Waals surface area (Å²) in [5, 5.41) is 13.2. The normalized spacial score (nSPS) is 18.4. The summed E-state index contributed by atoms with van der Waals surface area (Å²) in [6, 6.07) is 6.29. The molecule has 2 N–H and O–H groups in total. The molecule has 1 amide bonds. The summed E-state index contributed by atoms with van der Waals surface area (Å²) in [5.74, 6) is -0.396. The summed E-state index contributed by atoms with van der Waals surface area (Å²) in [5.41, 5.74) is 0.124.